The molecule has 2 aromatic rings. The fraction of sp³-hybridized carbons (Fsp3) is 0.308. The maximum Gasteiger partial charge on any atom is 0.146 e. The van der Waals surface area contributed by atoms with Gasteiger partial charge in [-0.1, -0.05) is 6.07 Å². The quantitative estimate of drug-likeness (QED) is 0.776. The summed E-state index contributed by atoms with van der Waals surface area (Å²) in [6.45, 7) is 0.853. The molecule has 2 aromatic heterocycles. The number of alkyl halides is 1. The lowest BCUT2D eigenvalue weighted by Gasteiger charge is -2.17. The van der Waals surface area contributed by atoms with Crippen LogP contribution in [0.5, 0.6) is 0 Å². The summed E-state index contributed by atoms with van der Waals surface area (Å²) in [7, 11) is 1.99. The number of likely N-dealkylation sites (N-methyl/N-ethyl adjacent to an activating group) is 1. The molecule has 0 atom stereocenters. The molecule has 18 heavy (non-hydrogen) atoms. The number of nitrogens with zero attached hydrogens (tertiary/aromatic N) is 4. The molecule has 2 heterocycles. The zero-order valence-electron chi connectivity index (χ0n) is 10.3. The predicted molar refractivity (Wildman–Crippen MR) is 72.8 cm³/mol. The van der Waals surface area contributed by atoms with E-state index in [0.717, 1.165) is 30.2 Å². The van der Waals surface area contributed by atoms with Gasteiger partial charge in [0.2, 0.25) is 0 Å². The Bertz CT molecular complexity index is 472. The fourth-order valence-corrected chi connectivity index (χ4v) is 1.69. The number of pyridine rings is 1. The minimum absolute atomic E-state index is 0.394. The Kier molecular flexibility index (Phi) is 4.47. The van der Waals surface area contributed by atoms with Gasteiger partial charge in [-0.3, -0.25) is 9.97 Å². The zero-order chi connectivity index (χ0) is 12.8. The largest absolute Gasteiger partial charge is 0.358 e. The van der Waals surface area contributed by atoms with Crippen molar-refractivity contribution in [2.45, 2.75) is 12.3 Å². The molecule has 0 unspecified atom stereocenters. The second-order valence-corrected chi connectivity index (χ2v) is 4.26. The molecule has 0 amide bonds. The standard InChI is InChI=1S/C13H15ClN4/c1-18(7-5-11-4-2-3-6-15-11)13-10-16-12(8-14)9-17-13/h2-4,6,9-10H,5,7-8H2,1H3. The zero-order valence-corrected chi connectivity index (χ0v) is 11.0. The van der Waals surface area contributed by atoms with Crippen LogP contribution < -0.4 is 4.90 Å². The Balaban J connectivity index is 1.93. The van der Waals surface area contributed by atoms with Gasteiger partial charge in [-0.2, -0.15) is 0 Å². The Morgan fingerprint density at radius 3 is 2.61 bits per heavy atom. The maximum atomic E-state index is 5.68. The lowest BCUT2D eigenvalue weighted by atomic mass is 10.2. The predicted octanol–water partition coefficient (Wildman–Crippen LogP) is 2.29. The first-order valence-electron chi connectivity index (χ1n) is 5.77. The van der Waals surface area contributed by atoms with Crippen LogP contribution in [0.4, 0.5) is 5.82 Å². The Labute approximate surface area is 112 Å². The Hall–Kier alpha value is -1.68. The van der Waals surface area contributed by atoms with Crippen molar-refractivity contribution in [1.29, 1.82) is 0 Å². The normalized spacial score (nSPS) is 10.3. The Morgan fingerprint density at radius 2 is 2.00 bits per heavy atom. The second kappa shape index (κ2) is 6.31. The van der Waals surface area contributed by atoms with Crippen LogP contribution in [0.3, 0.4) is 0 Å². The third kappa shape index (κ3) is 3.40. The van der Waals surface area contributed by atoms with Crippen LogP contribution >= 0.6 is 11.6 Å². The van der Waals surface area contributed by atoms with Crippen LogP contribution in [0.2, 0.25) is 0 Å². The Morgan fingerprint density at radius 1 is 1.11 bits per heavy atom. The van der Waals surface area contributed by atoms with Crippen LogP contribution in [0.25, 0.3) is 0 Å². The summed E-state index contributed by atoms with van der Waals surface area (Å²) in [4.78, 5) is 14.9. The second-order valence-electron chi connectivity index (χ2n) is 3.99. The van der Waals surface area contributed by atoms with E-state index in [1.54, 1.807) is 12.4 Å². The molecule has 4 nitrogen and oxygen atoms in total. The molecule has 94 valence electrons. The summed E-state index contributed by atoms with van der Waals surface area (Å²) in [5, 5.41) is 0. The number of hydrogen-bond acceptors (Lipinski definition) is 4. The van der Waals surface area contributed by atoms with Crippen molar-refractivity contribution in [2.75, 3.05) is 18.5 Å². The highest BCUT2D eigenvalue weighted by Gasteiger charge is 2.04. The molecule has 0 aromatic carbocycles. The first-order chi connectivity index (χ1) is 8.79. The molecule has 0 N–H and O–H groups in total. The number of hydrogen-bond donors (Lipinski definition) is 0. The molecule has 5 heteroatoms. The molecule has 0 spiro atoms. The third-order valence-corrected chi connectivity index (χ3v) is 2.92. The van der Waals surface area contributed by atoms with E-state index in [1.807, 2.05) is 31.4 Å². The van der Waals surface area contributed by atoms with E-state index in [2.05, 4.69) is 19.9 Å². The molecule has 0 aliphatic carbocycles. The first kappa shape index (κ1) is 12.8. The first-order valence-corrected chi connectivity index (χ1v) is 6.31. The summed E-state index contributed by atoms with van der Waals surface area (Å²) < 4.78 is 0. The number of aromatic nitrogens is 3. The van der Waals surface area contributed by atoms with Gasteiger partial charge in [0.25, 0.3) is 0 Å². The van der Waals surface area contributed by atoms with E-state index < -0.39 is 0 Å². The van der Waals surface area contributed by atoms with Crippen LogP contribution in [0, 0.1) is 0 Å². The van der Waals surface area contributed by atoms with Crippen molar-refractivity contribution in [3.05, 3.63) is 48.2 Å². The molecule has 2 rings (SSSR count). The molecule has 0 radical (unpaired) electrons. The van der Waals surface area contributed by atoms with Crippen molar-refractivity contribution < 1.29 is 0 Å². The van der Waals surface area contributed by atoms with Crippen molar-refractivity contribution in [3.63, 3.8) is 0 Å². The highest BCUT2D eigenvalue weighted by atomic mass is 35.5. The minimum atomic E-state index is 0.394. The number of anilines is 1. The average molecular weight is 263 g/mol. The fourth-order valence-electron chi connectivity index (χ4n) is 1.56. The summed E-state index contributed by atoms with van der Waals surface area (Å²) >= 11 is 5.68. The van der Waals surface area contributed by atoms with Gasteiger partial charge in [-0.15, -0.1) is 11.6 Å². The summed E-state index contributed by atoms with van der Waals surface area (Å²) in [6.07, 6.45) is 6.15. The molecule has 0 saturated carbocycles. The lowest BCUT2D eigenvalue weighted by Crippen LogP contribution is -2.21. The van der Waals surface area contributed by atoms with Crippen molar-refractivity contribution in [3.8, 4) is 0 Å². The highest BCUT2D eigenvalue weighted by molar-refractivity contribution is 6.16. The van der Waals surface area contributed by atoms with Gasteiger partial charge in [-0.25, -0.2) is 4.98 Å². The highest BCUT2D eigenvalue weighted by Crippen LogP contribution is 2.08. The van der Waals surface area contributed by atoms with Gasteiger partial charge < -0.3 is 4.90 Å². The van der Waals surface area contributed by atoms with Gasteiger partial charge in [0.15, 0.2) is 0 Å². The maximum absolute atomic E-state index is 5.68. The molecule has 0 saturated heterocycles. The topological polar surface area (TPSA) is 41.9 Å². The summed E-state index contributed by atoms with van der Waals surface area (Å²) in [5.41, 5.74) is 1.87. The van der Waals surface area contributed by atoms with Crippen LogP contribution in [0.1, 0.15) is 11.4 Å². The van der Waals surface area contributed by atoms with E-state index in [0.29, 0.717) is 5.88 Å². The lowest BCUT2D eigenvalue weighted by molar-refractivity contribution is 0.832. The molecule has 0 aliphatic rings. The summed E-state index contributed by atoms with van der Waals surface area (Å²) in [5.74, 6) is 1.24. The molecular formula is C13H15ClN4. The van der Waals surface area contributed by atoms with Gasteiger partial charge in [0.1, 0.15) is 5.82 Å². The van der Waals surface area contributed by atoms with E-state index in [9.17, 15) is 0 Å². The van der Waals surface area contributed by atoms with Gasteiger partial charge >= 0.3 is 0 Å². The van der Waals surface area contributed by atoms with Crippen LogP contribution in [-0.2, 0) is 12.3 Å². The van der Waals surface area contributed by atoms with E-state index in [4.69, 9.17) is 11.6 Å². The minimum Gasteiger partial charge on any atom is -0.358 e. The van der Waals surface area contributed by atoms with Gasteiger partial charge in [0.05, 0.1) is 24.0 Å². The van der Waals surface area contributed by atoms with Gasteiger partial charge in [0, 0.05) is 31.9 Å². The SMILES string of the molecule is CN(CCc1ccccn1)c1cnc(CCl)cn1. The number of rotatable bonds is 5. The van der Waals surface area contributed by atoms with E-state index in [1.165, 1.54) is 0 Å². The van der Waals surface area contributed by atoms with Gasteiger partial charge in [-0.05, 0) is 12.1 Å². The van der Waals surface area contributed by atoms with Crippen molar-refractivity contribution >= 4 is 17.4 Å². The van der Waals surface area contributed by atoms with Crippen LogP contribution in [-0.4, -0.2) is 28.5 Å². The average Bonchev–Trinajstić information content (AvgIpc) is 2.46. The molecule has 0 fully saturated rings. The molecular weight excluding hydrogens is 248 g/mol. The van der Waals surface area contributed by atoms with Crippen molar-refractivity contribution in [1.82, 2.24) is 15.0 Å². The van der Waals surface area contributed by atoms with E-state index in [-0.39, 0.29) is 0 Å². The monoisotopic (exact) mass is 262 g/mol. The van der Waals surface area contributed by atoms with Crippen molar-refractivity contribution in [2.24, 2.45) is 0 Å². The third-order valence-electron chi connectivity index (χ3n) is 2.65. The molecule has 0 aliphatic heterocycles. The smallest absolute Gasteiger partial charge is 0.146 e. The molecule has 0 bridgehead atoms. The van der Waals surface area contributed by atoms with E-state index >= 15 is 0 Å². The summed E-state index contributed by atoms with van der Waals surface area (Å²) in [6, 6.07) is 5.94. The van der Waals surface area contributed by atoms with Crippen LogP contribution in [0.15, 0.2) is 36.8 Å². The number of halogens is 1.